The predicted octanol–water partition coefficient (Wildman–Crippen LogP) is 4.50. The van der Waals surface area contributed by atoms with Gasteiger partial charge in [-0.25, -0.2) is 4.98 Å². The maximum atomic E-state index is 12.9. The second-order valence-electron chi connectivity index (χ2n) is 8.12. The average molecular weight is 467 g/mol. The number of rotatable bonds is 5. The molecule has 0 radical (unpaired) electrons. The van der Waals surface area contributed by atoms with Crippen LogP contribution in [0.3, 0.4) is 0 Å². The first-order valence-corrected chi connectivity index (χ1v) is 10.8. The van der Waals surface area contributed by atoms with Crippen LogP contribution >= 0.6 is 11.6 Å². The highest BCUT2D eigenvalue weighted by molar-refractivity contribution is 6.33. The van der Waals surface area contributed by atoms with E-state index in [-0.39, 0.29) is 28.8 Å². The summed E-state index contributed by atoms with van der Waals surface area (Å²) in [4.78, 5) is 30.6. The minimum absolute atomic E-state index is 0.0250. The largest absolute Gasteiger partial charge is 0.416 e. The quantitative estimate of drug-likeness (QED) is 0.680. The Morgan fingerprint density at radius 1 is 1.12 bits per heavy atom. The minimum atomic E-state index is -4.46. The van der Waals surface area contributed by atoms with E-state index in [1.165, 1.54) is 18.3 Å². The van der Waals surface area contributed by atoms with Crippen LogP contribution in [0.1, 0.15) is 41.6 Å². The van der Waals surface area contributed by atoms with E-state index < -0.39 is 11.7 Å². The number of pyridine rings is 1. The lowest BCUT2D eigenvalue weighted by atomic mass is 10.0. The second-order valence-corrected chi connectivity index (χ2v) is 8.52. The molecule has 2 fully saturated rings. The van der Waals surface area contributed by atoms with Crippen LogP contribution in [0.25, 0.3) is 0 Å². The number of alkyl halides is 3. The van der Waals surface area contributed by atoms with Gasteiger partial charge in [-0.15, -0.1) is 0 Å². The van der Waals surface area contributed by atoms with Crippen molar-refractivity contribution < 1.29 is 22.8 Å². The number of hydrogen-bond donors (Lipinski definition) is 2. The highest BCUT2D eigenvalue weighted by Gasteiger charge is 2.32. The van der Waals surface area contributed by atoms with Crippen molar-refractivity contribution in [3.63, 3.8) is 0 Å². The lowest BCUT2D eigenvalue weighted by Crippen LogP contribution is -2.48. The van der Waals surface area contributed by atoms with Crippen LogP contribution in [-0.2, 0) is 11.0 Å². The monoisotopic (exact) mass is 466 g/mol. The second kappa shape index (κ2) is 8.97. The van der Waals surface area contributed by atoms with E-state index in [9.17, 15) is 22.8 Å². The van der Waals surface area contributed by atoms with Crippen LogP contribution in [0, 0.1) is 5.92 Å². The van der Waals surface area contributed by atoms with Gasteiger partial charge in [-0.1, -0.05) is 11.6 Å². The first-order chi connectivity index (χ1) is 15.2. The Hall–Kier alpha value is -2.81. The molecule has 1 aromatic carbocycles. The number of piperidine rings is 1. The highest BCUT2D eigenvalue weighted by atomic mass is 35.5. The van der Waals surface area contributed by atoms with Gasteiger partial charge in [-0.3, -0.25) is 9.59 Å². The molecule has 4 rings (SSSR count). The average Bonchev–Trinajstić information content (AvgIpc) is 3.59. The first kappa shape index (κ1) is 22.4. The third kappa shape index (κ3) is 5.32. The summed E-state index contributed by atoms with van der Waals surface area (Å²) in [6, 6.07) is 6.20. The fourth-order valence-electron chi connectivity index (χ4n) is 3.74. The van der Waals surface area contributed by atoms with Crippen LogP contribution < -0.4 is 15.5 Å². The molecule has 2 heterocycles. The number of nitrogens with one attached hydrogen (secondary N) is 2. The summed E-state index contributed by atoms with van der Waals surface area (Å²) in [5, 5.41) is 5.71. The molecule has 2 amide bonds. The van der Waals surface area contributed by atoms with Crippen LogP contribution in [0.15, 0.2) is 36.5 Å². The summed E-state index contributed by atoms with van der Waals surface area (Å²) in [6.45, 7) is 1.05. The molecule has 0 spiro atoms. The van der Waals surface area contributed by atoms with Gasteiger partial charge in [0, 0.05) is 36.8 Å². The zero-order valence-electron chi connectivity index (χ0n) is 17.1. The Morgan fingerprint density at radius 2 is 1.91 bits per heavy atom. The van der Waals surface area contributed by atoms with Crippen molar-refractivity contribution in [2.75, 3.05) is 23.3 Å². The Kier molecular flexibility index (Phi) is 6.28. The third-order valence-corrected chi connectivity index (χ3v) is 5.90. The summed E-state index contributed by atoms with van der Waals surface area (Å²) in [7, 11) is 0. The Morgan fingerprint density at radius 3 is 2.59 bits per heavy atom. The molecule has 1 saturated carbocycles. The van der Waals surface area contributed by atoms with Gasteiger partial charge in [0.2, 0.25) is 5.91 Å². The van der Waals surface area contributed by atoms with E-state index in [4.69, 9.17) is 11.6 Å². The van der Waals surface area contributed by atoms with Crippen molar-refractivity contribution in [3.05, 3.63) is 52.7 Å². The molecule has 1 atom stereocenters. The fraction of sp³-hybridized carbons (Fsp3) is 0.409. The molecule has 1 saturated heterocycles. The van der Waals surface area contributed by atoms with Gasteiger partial charge in [0.25, 0.3) is 5.91 Å². The van der Waals surface area contributed by atoms with Crippen LogP contribution in [0.4, 0.5) is 24.7 Å². The normalized spacial score (nSPS) is 18.9. The molecule has 0 bridgehead atoms. The molecule has 2 aliphatic rings. The summed E-state index contributed by atoms with van der Waals surface area (Å²) in [5.74, 6) is -0.0398. The van der Waals surface area contributed by atoms with Crippen molar-refractivity contribution in [2.45, 2.75) is 37.9 Å². The maximum absolute atomic E-state index is 12.9. The van der Waals surface area contributed by atoms with Gasteiger partial charge in [-0.05, 0) is 56.0 Å². The number of hydrogen-bond acceptors (Lipinski definition) is 4. The van der Waals surface area contributed by atoms with Gasteiger partial charge in [-0.2, -0.15) is 13.2 Å². The zero-order chi connectivity index (χ0) is 22.9. The van der Waals surface area contributed by atoms with E-state index >= 15 is 0 Å². The van der Waals surface area contributed by atoms with E-state index in [2.05, 4.69) is 15.6 Å². The Balaban J connectivity index is 1.40. The lowest BCUT2D eigenvalue weighted by molar-refractivity contribution is -0.137. The number of nitrogens with zero attached hydrogens (tertiary/aromatic N) is 2. The van der Waals surface area contributed by atoms with Gasteiger partial charge in [0.1, 0.15) is 5.82 Å². The molecule has 2 N–H and O–H groups in total. The predicted molar refractivity (Wildman–Crippen MR) is 115 cm³/mol. The summed E-state index contributed by atoms with van der Waals surface area (Å²) < 4.78 is 38.7. The molecule has 1 aromatic heterocycles. The topological polar surface area (TPSA) is 74.3 Å². The molecular weight excluding hydrogens is 445 g/mol. The molecule has 1 aliphatic heterocycles. The van der Waals surface area contributed by atoms with Gasteiger partial charge < -0.3 is 15.5 Å². The number of halogens is 4. The van der Waals surface area contributed by atoms with Gasteiger partial charge in [0.05, 0.1) is 16.3 Å². The summed E-state index contributed by atoms with van der Waals surface area (Å²) >= 11 is 6.13. The van der Waals surface area contributed by atoms with E-state index in [0.717, 1.165) is 37.8 Å². The summed E-state index contributed by atoms with van der Waals surface area (Å²) in [6.07, 6.45) is 0.229. The minimum Gasteiger partial charge on any atom is -0.368 e. The van der Waals surface area contributed by atoms with Crippen molar-refractivity contribution >= 4 is 34.9 Å². The van der Waals surface area contributed by atoms with E-state index in [1.807, 2.05) is 4.90 Å². The molecule has 32 heavy (non-hydrogen) atoms. The molecule has 170 valence electrons. The summed E-state index contributed by atoms with van der Waals surface area (Å²) in [5.41, 5.74) is 0.0822. The van der Waals surface area contributed by atoms with Crippen LogP contribution in [0.5, 0.6) is 0 Å². The lowest BCUT2D eigenvalue weighted by Gasteiger charge is -2.35. The van der Waals surface area contributed by atoms with Crippen molar-refractivity contribution in [3.8, 4) is 0 Å². The number of anilines is 2. The van der Waals surface area contributed by atoms with E-state index in [0.29, 0.717) is 30.2 Å². The van der Waals surface area contributed by atoms with Crippen LogP contribution in [0.2, 0.25) is 5.02 Å². The Labute approximate surface area is 188 Å². The zero-order valence-corrected chi connectivity index (χ0v) is 17.8. The number of amides is 2. The number of aromatic nitrogens is 1. The maximum Gasteiger partial charge on any atom is 0.416 e. The third-order valence-electron chi connectivity index (χ3n) is 5.59. The molecule has 2 aromatic rings. The molecule has 0 unspecified atom stereocenters. The number of carbonyl (C=O) groups is 2. The fourth-order valence-corrected chi connectivity index (χ4v) is 4.04. The van der Waals surface area contributed by atoms with Crippen molar-refractivity contribution in [2.24, 2.45) is 5.92 Å². The number of carbonyl (C=O) groups excluding carboxylic acids is 2. The SMILES string of the molecule is O=C(N[C@@H]1CCCN(c2ccc(C(F)(F)F)cc2Cl)C1)c1ccnc(NC(=O)C2CC2)c1. The molecule has 6 nitrogen and oxygen atoms in total. The van der Waals surface area contributed by atoms with E-state index in [1.54, 1.807) is 6.07 Å². The molecular formula is C22H22ClF3N4O2. The van der Waals surface area contributed by atoms with Gasteiger partial charge in [0.15, 0.2) is 0 Å². The molecule has 10 heteroatoms. The van der Waals surface area contributed by atoms with Crippen molar-refractivity contribution in [1.82, 2.24) is 10.3 Å². The smallest absolute Gasteiger partial charge is 0.368 e. The van der Waals surface area contributed by atoms with Gasteiger partial charge >= 0.3 is 6.18 Å². The molecule has 1 aliphatic carbocycles. The van der Waals surface area contributed by atoms with Crippen LogP contribution in [-0.4, -0.2) is 35.9 Å². The highest BCUT2D eigenvalue weighted by Crippen LogP contribution is 2.36. The standard InChI is InChI=1S/C22H22ClF3N4O2/c23-17-11-15(22(24,25)26)5-6-18(17)30-9-1-2-16(12-30)28-21(32)14-7-8-27-19(10-14)29-20(31)13-3-4-13/h5-8,10-11,13,16H,1-4,9,12H2,(H,28,32)(H,27,29,31)/t16-/m1/s1. The number of benzene rings is 1. The van der Waals surface area contributed by atoms with Crippen molar-refractivity contribution in [1.29, 1.82) is 0 Å². The first-order valence-electron chi connectivity index (χ1n) is 10.4. The Bertz CT molecular complexity index is 1030.